The van der Waals surface area contributed by atoms with Crippen LogP contribution in [0, 0.1) is 0 Å². The van der Waals surface area contributed by atoms with E-state index in [0.717, 1.165) is 6.42 Å². The monoisotopic (exact) mass is 222 g/mol. The summed E-state index contributed by atoms with van der Waals surface area (Å²) in [6.45, 7) is 1.84. The Morgan fingerprint density at radius 2 is 1.80 bits per heavy atom. The third-order valence-corrected chi connectivity index (χ3v) is 2.33. The largest absolute Gasteiger partial charge is 0.394 e. The molecule has 0 radical (unpaired) electrons. The molecule has 15 heavy (non-hydrogen) atoms. The van der Waals surface area contributed by atoms with Crippen molar-refractivity contribution in [3.8, 4) is 0 Å². The molecule has 0 aromatic carbocycles. The highest BCUT2D eigenvalue weighted by molar-refractivity contribution is 4.88. The molecule has 0 spiro atoms. The van der Waals surface area contributed by atoms with Crippen LogP contribution >= 0.6 is 0 Å². The number of aliphatic hydroxyl groups is 4. The Hall–Kier alpha value is -0.240. The molecule has 5 atom stereocenters. The van der Waals surface area contributed by atoms with Gasteiger partial charge < -0.3 is 29.9 Å². The second kappa shape index (κ2) is 5.74. The Morgan fingerprint density at radius 1 is 1.13 bits per heavy atom. The lowest BCUT2D eigenvalue weighted by atomic mass is 9.99. The lowest BCUT2D eigenvalue weighted by Crippen LogP contribution is -2.59. The van der Waals surface area contributed by atoms with Crippen molar-refractivity contribution >= 4 is 0 Å². The minimum atomic E-state index is -1.36. The molecule has 4 N–H and O–H groups in total. The van der Waals surface area contributed by atoms with Crippen LogP contribution in [-0.4, -0.2) is 64.3 Å². The van der Waals surface area contributed by atoms with E-state index in [0.29, 0.717) is 6.61 Å². The first-order chi connectivity index (χ1) is 7.11. The predicted molar refractivity (Wildman–Crippen MR) is 50.0 cm³/mol. The minimum Gasteiger partial charge on any atom is -0.394 e. The standard InChI is InChI=1S/C9H18O6/c1-2-3-14-9-8(13)7(12)6(11)5(4-10)15-9/h5-13H,2-4H2,1H3/t5?,6-,7-,8?,9+/m0/s1. The maximum Gasteiger partial charge on any atom is 0.186 e. The summed E-state index contributed by atoms with van der Waals surface area (Å²) in [5, 5.41) is 37.2. The van der Waals surface area contributed by atoms with Gasteiger partial charge in [0.1, 0.15) is 24.4 Å². The second-order valence-electron chi connectivity index (χ2n) is 3.57. The van der Waals surface area contributed by atoms with Crippen molar-refractivity contribution in [1.29, 1.82) is 0 Å². The summed E-state index contributed by atoms with van der Waals surface area (Å²) in [6, 6.07) is 0. The molecule has 90 valence electrons. The van der Waals surface area contributed by atoms with Gasteiger partial charge >= 0.3 is 0 Å². The molecule has 1 fully saturated rings. The van der Waals surface area contributed by atoms with Crippen LogP contribution in [0.4, 0.5) is 0 Å². The van der Waals surface area contributed by atoms with Crippen molar-refractivity contribution in [3.05, 3.63) is 0 Å². The third kappa shape index (κ3) is 2.87. The van der Waals surface area contributed by atoms with Crippen LogP contribution in [0.2, 0.25) is 0 Å². The Labute approximate surface area is 88.1 Å². The van der Waals surface area contributed by atoms with Gasteiger partial charge in [0.05, 0.1) is 6.61 Å². The zero-order valence-corrected chi connectivity index (χ0v) is 8.61. The number of hydrogen-bond donors (Lipinski definition) is 4. The highest BCUT2D eigenvalue weighted by Gasteiger charge is 2.43. The molecule has 1 heterocycles. The molecule has 6 heteroatoms. The van der Waals surface area contributed by atoms with Gasteiger partial charge in [-0.1, -0.05) is 6.92 Å². The summed E-state index contributed by atoms with van der Waals surface area (Å²) in [6.07, 6.45) is -5.14. The van der Waals surface area contributed by atoms with Crippen LogP contribution in [-0.2, 0) is 9.47 Å². The van der Waals surface area contributed by atoms with Crippen LogP contribution in [0.5, 0.6) is 0 Å². The molecular weight excluding hydrogens is 204 g/mol. The van der Waals surface area contributed by atoms with E-state index >= 15 is 0 Å². The molecule has 1 aliphatic heterocycles. The van der Waals surface area contributed by atoms with E-state index in [2.05, 4.69) is 0 Å². The first-order valence-corrected chi connectivity index (χ1v) is 5.04. The van der Waals surface area contributed by atoms with E-state index in [1.165, 1.54) is 0 Å². The first kappa shape index (κ1) is 12.8. The highest BCUT2D eigenvalue weighted by atomic mass is 16.7. The molecule has 1 saturated heterocycles. The molecule has 2 unspecified atom stereocenters. The predicted octanol–water partition coefficient (Wildman–Crippen LogP) is -1.79. The molecule has 0 aromatic heterocycles. The van der Waals surface area contributed by atoms with Gasteiger partial charge in [-0.05, 0) is 6.42 Å². The summed E-state index contributed by atoms with van der Waals surface area (Å²) in [5.41, 5.74) is 0. The Bertz CT molecular complexity index is 185. The highest BCUT2D eigenvalue weighted by Crippen LogP contribution is 2.21. The third-order valence-electron chi connectivity index (χ3n) is 2.33. The van der Waals surface area contributed by atoms with Crippen molar-refractivity contribution in [2.45, 2.75) is 44.1 Å². The van der Waals surface area contributed by atoms with E-state index in [1.807, 2.05) is 6.92 Å². The average Bonchev–Trinajstić information content (AvgIpc) is 2.25. The Balaban J connectivity index is 2.57. The Morgan fingerprint density at radius 3 is 2.33 bits per heavy atom. The molecular formula is C9H18O6. The molecule has 0 aromatic rings. The maximum absolute atomic E-state index is 9.51. The molecule has 0 aliphatic carbocycles. The average molecular weight is 222 g/mol. The summed E-state index contributed by atoms with van der Waals surface area (Å²) in [4.78, 5) is 0. The maximum atomic E-state index is 9.51. The Kier molecular flexibility index (Phi) is 4.91. The minimum absolute atomic E-state index is 0.378. The van der Waals surface area contributed by atoms with E-state index in [4.69, 9.17) is 14.6 Å². The zero-order valence-electron chi connectivity index (χ0n) is 8.61. The van der Waals surface area contributed by atoms with Crippen LogP contribution in [0.3, 0.4) is 0 Å². The number of rotatable bonds is 4. The fourth-order valence-electron chi connectivity index (χ4n) is 1.44. The van der Waals surface area contributed by atoms with Gasteiger partial charge in [0.2, 0.25) is 0 Å². The lowest BCUT2D eigenvalue weighted by Gasteiger charge is -2.39. The quantitative estimate of drug-likeness (QED) is 0.448. The van der Waals surface area contributed by atoms with E-state index < -0.39 is 37.3 Å². The van der Waals surface area contributed by atoms with Gasteiger partial charge in [-0.15, -0.1) is 0 Å². The SMILES string of the molecule is CCCO[C@@H]1OC(CO)[C@H](O)[C@H](O)C1O. The summed E-state index contributed by atoms with van der Waals surface area (Å²) >= 11 is 0. The van der Waals surface area contributed by atoms with Crippen LogP contribution < -0.4 is 0 Å². The summed E-state index contributed by atoms with van der Waals surface area (Å²) in [7, 11) is 0. The van der Waals surface area contributed by atoms with Gasteiger partial charge in [-0.2, -0.15) is 0 Å². The van der Waals surface area contributed by atoms with Crippen LogP contribution in [0.25, 0.3) is 0 Å². The summed E-state index contributed by atoms with van der Waals surface area (Å²) in [5.74, 6) is 0. The first-order valence-electron chi connectivity index (χ1n) is 5.04. The number of ether oxygens (including phenoxy) is 2. The van der Waals surface area contributed by atoms with Crippen LogP contribution in [0.1, 0.15) is 13.3 Å². The fourth-order valence-corrected chi connectivity index (χ4v) is 1.44. The van der Waals surface area contributed by atoms with E-state index in [-0.39, 0.29) is 0 Å². The van der Waals surface area contributed by atoms with Gasteiger partial charge in [0.15, 0.2) is 6.29 Å². The molecule has 0 amide bonds. The number of aliphatic hydroxyl groups excluding tert-OH is 4. The molecule has 6 nitrogen and oxygen atoms in total. The zero-order chi connectivity index (χ0) is 11.4. The van der Waals surface area contributed by atoms with Gasteiger partial charge in [-0.25, -0.2) is 0 Å². The lowest BCUT2D eigenvalue weighted by molar-refractivity contribution is -0.300. The van der Waals surface area contributed by atoms with Gasteiger partial charge in [-0.3, -0.25) is 0 Å². The molecule has 0 bridgehead atoms. The second-order valence-corrected chi connectivity index (χ2v) is 3.57. The van der Waals surface area contributed by atoms with Crippen molar-refractivity contribution in [1.82, 2.24) is 0 Å². The molecule has 1 rings (SSSR count). The smallest absolute Gasteiger partial charge is 0.186 e. The van der Waals surface area contributed by atoms with Crippen molar-refractivity contribution in [3.63, 3.8) is 0 Å². The number of hydrogen-bond acceptors (Lipinski definition) is 6. The van der Waals surface area contributed by atoms with E-state index in [9.17, 15) is 15.3 Å². The van der Waals surface area contributed by atoms with Gasteiger partial charge in [0.25, 0.3) is 0 Å². The van der Waals surface area contributed by atoms with Crippen molar-refractivity contribution < 1.29 is 29.9 Å². The van der Waals surface area contributed by atoms with Crippen LogP contribution in [0.15, 0.2) is 0 Å². The van der Waals surface area contributed by atoms with Gasteiger partial charge in [0, 0.05) is 6.61 Å². The summed E-state index contributed by atoms with van der Waals surface area (Å²) < 4.78 is 10.2. The fraction of sp³-hybridized carbons (Fsp3) is 1.00. The normalized spacial score (nSPS) is 41.8. The van der Waals surface area contributed by atoms with Crippen molar-refractivity contribution in [2.75, 3.05) is 13.2 Å². The molecule has 1 aliphatic rings. The van der Waals surface area contributed by atoms with E-state index in [1.54, 1.807) is 0 Å². The molecule has 0 saturated carbocycles. The van der Waals surface area contributed by atoms with Crippen molar-refractivity contribution in [2.24, 2.45) is 0 Å². The topological polar surface area (TPSA) is 99.4 Å².